The maximum absolute atomic E-state index is 4.63. The molecule has 0 fully saturated rings. The van der Waals surface area contributed by atoms with Gasteiger partial charge in [-0.25, -0.2) is 0 Å². The van der Waals surface area contributed by atoms with Crippen LogP contribution in [-0.4, -0.2) is 12.3 Å². The highest BCUT2D eigenvalue weighted by molar-refractivity contribution is 5.66. The molecule has 0 amide bonds. The zero-order valence-corrected chi connectivity index (χ0v) is 16.2. The molecule has 24 heavy (non-hydrogen) atoms. The summed E-state index contributed by atoms with van der Waals surface area (Å²) in [6, 6.07) is 0.223. The van der Waals surface area contributed by atoms with Gasteiger partial charge in [-0.05, 0) is 18.9 Å². The van der Waals surface area contributed by atoms with Crippen molar-refractivity contribution in [3.63, 3.8) is 0 Å². The van der Waals surface area contributed by atoms with Crippen LogP contribution in [0.1, 0.15) is 47.5 Å². The zero-order valence-electron chi connectivity index (χ0n) is 16.2. The third-order valence-corrected chi connectivity index (χ3v) is 3.70. The van der Waals surface area contributed by atoms with E-state index >= 15 is 0 Å². The molecule has 0 aromatic rings. The molecule has 2 atom stereocenters. The Morgan fingerprint density at radius 3 is 2.46 bits per heavy atom. The van der Waals surface area contributed by atoms with E-state index in [0.717, 1.165) is 6.42 Å². The van der Waals surface area contributed by atoms with Crippen molar-refractivity contribution in [1.82, 2.24) is 0 Å². The molecule has 0 aliphatic carbocycles. The third-order valence-electron chi connectivity index (χ3n) is 3.70. The minimum atomic E-state index is 0.0139. The molecule has 0 aliphatic rings. The topological polar surface area (TPSA) is 12.4 Å². The minimum absolute atomic E-state index is 0.0139. The van der Waals surface area contributed by atoms with E-state index in [-0.39, 0.29) is 17.4 Å². The second-order valence-corrected chi connectivity index (χ2v) is 6.69. The van der Waals surface area contributed by atoms with Crippen LogP contribution in [0.2, 0.25) is 0 Å². The van der Waals surface area contributed by atoms with Gasteiger partial charge in [0.1, 0.15) is 0 Å². The highest BCUT2D eigenvalue weighted by atomic mass is 14.7. The van der Waals surface area contributed by atoms with Gasteiger partial charge in [-0.15, -0.1) is 6.58 Å². The number of rotatable bonds is 11. The number of nitrogens with zero attached hydrogens (tertiary/aromatic N) is 1. The van der Waals surface area contributed by atoms with Gasteiger partial charge >= 0.3 is 0 Å². The van der Waals surface area contributed by atoms with Gasteiger partial charge in [0.15, 0.2) is 0 Å². The maximum atomic E-state index is 4.63. The van der Waals surface area contributed by atoms with Crippen LogP contribution in [0, 0.1) is 11.3 Å². The molecule has 0 aliphatic heterocycles. The number of aliphatic imine (C=N–C) groups is 1. The van der Waals surface area contributed by atoms with Crippen LogP contribution < -0.4 is 0 Å². The molecule has 1 nitrogen and oxygen atoms in total. The lowest BCUT2D eigenvalue weighted by Gasteiger charge is -2.12. The van der Waals surface area contributed by atoms with Crippen LogP contribution in [0.3, 0.4) is 0 Å². The van der Waals surface area contributed by atoms with Crippen LogP contribution in [0.25, 0.3) is 0 Å². The van der Waals surface area contributed by atoms with Gasteiger partial charge < -0.3 is 0 Å². The second-order valence-electron chi connectivity index (χ2n) is 6.69. The first-order valence-electron chi connectivity index (χ1n) is 8.88. The Morgan fingerprint density at radius 1 is 1.17 bits per heavy atom. The molecule has 0 N–H and O–H groups in total. The SMILES string of the molecule is C=C/C=C(/C=C\C=C\C(C)(C)C=C)C(C)/C=N/C(C)/C=C/CCC. The number of hydrogen-bond donors (Lipinski definition) is 0. The molecule has 0 spiro atoms. The van der Waals surface area contributed by atoms with Gasteiger partial charge in [-0.3, -0.25) is 4.99 Å². The Hall–Kier alpha value is -1.89. The van der Waals surface area contributed by atoms with Crippen LogP contribution >= 0.6 is 0 Å². The quantitative estimate of drug-likeness (QED) is 0.223. The average Bonchev–Trinajstić information content (AvgIpc) is 2.55. The van der Waals surface area contributed by atoms with Gasteiger partial charge in [-0.2, -0.15) is 0 Å². The summed E-state index contributed by atoms with van der Waals surface area (Å²) in [5, 5.41) is 0. The van der Waals surface area contributed by atoms with Gasteiger partial charge in [0.05, 0.1) is 6.04 Å². The number of unbranched alkanes of at least 4 members (excludes halogenated alkanes) is 1. The molecule has 0 aromatic carbocycles. The van der Waals surface area contributed by atoms with Crippen molar-refractivity contribution in [3.05, 3.63) is 73.4 Å². The van der Waals surface area contributed by atoms with E-state index in [1.165, 1.54) is 12.0 Å². The highest BCUT2D eigenvalue weighted by Crippen LogP contribution is 2.18. The fourth-order valence-corrected chi connectivity index (χ4v) is 1.89. The molecule has 0 radical (unpaired) electrons. The van der Waals surface area contributed by atoms with Gasteiger partial charge in [-0.1, -0.05) is 95.4 Å². The predicted octanol–water partition coefficient (Wildman–Crippen LogP) is 6.88. The molecule has 132 valence electrons. The lowest BCUT2D eigenvalue weighted by molar-refractivity contribution is 0.628. The molecule has 0 rings (SSSR count). The smallest absolute Gasteiger partial charge is 0.0648 e. The van der Waals surface area contributed by atoms with Crippen molar-refractivity contribution in [2.24, 2.45) is 16.3 Å². The summed E-state index contributed by atoms with van der Waals surface area (Å²) in [5.74, 6) is 0.252. The first-order chi connectivity index (χ1) is 11.4. The van der Waals surface area contributed by atoms with Crippen LogP contribution in [0.4, 0.5) is 0 Å². The van der Waals surface area contributed by atoms with Crippen molar-refractivity contribution in [1.29, 1.82) is 0 Å². The van der Waals surface area contributed by atoms with E-state index in [9.17, 15) is 0 Å². The van der Waals surface area contributed by atoms with Crippen molar-refractivity contribution >= 4 is 6.21 Å². The van der Waals surface area contributed by atoms with Gasteiger partial charge in [0, 0.05) is 17.5 Å². The van der Waals surface area contributed by atoms with E-state index in [4.69, 9.17) is 0 Å². The minimum Gasteiger partial charge on any atom is -0.290 e. The third kappa shape index (κ3) is 10.8. The van der Waals surface area contributed by atoms with Crippen LogP contribution in [-0.2, 0) is 0 Å². The first-order valence-corrected chi connectivity index (χ1v) is 8.88. The monoisotopic (exact) mass is 325 g/mol. The lowest BCUT2D eigenvalue weighted by Crippen LogP contribution is -2.02. The largest absolute Gasteiger partial charge is 0.290 e. The Bertz CT molecular complexity index is 512. The average molecular weight is 326 g/mol. The van der Waals surface area contributed by atoms with Crippen molar-refractivity contribution < 1.29 is 0 Å². The number of hydrogen-bond acceptors (Lipinski definition) is 1. The summed E-state index contributed by atoms with van der Waals surface area (Å²) >= 11 is 0. The summed E-state index contributed by atoms with van der Waals surface area (Å²) in [6.07, 6.45) is 22.9. The predicted molar refractivity (Wildman–Crippen MR) is 112 cm³/mol. The molecule has 0 bridgehead atoms. The first kappa shape index (κ1) is 22.1. The summed E-state index contributed by atoms with van der Waals surface area (Å²) in [4.78, 5) is 4.63. The summed E-state index contributed by atoms with van der Waals surface area (Å²) in [5.41, 5.74) is 1.21. The second kappa shape index (κ2) is 12.5. The van der Waals surface area contributed by atoms with E-state index in [0.29, 0.717) is 0 Å². The molecule has 0 saturated heterocycles. The molecular formula is C23H35N. The molecule has 2 unspecified atom stereocenters. The molecule has 0 heterocycles. The Morgan fingerprint density at radius 2 is 1.88 bits per heavy atom. The standard InChI is InChI=1S/C23H35N/c1-8-11-12-16-21(5)24-19-20(4)22(15-9-2)17-13-14-18-23(6,7)10-3/h9-10,12-21H,2-3,8,11H2,1,4-7H3/b16-12+,17-13-,18-14+,22-15-,24-19+. The Balaban J connectivity index is 4.85. The maximum Gasteiger partial charge on any atom is 0.0648 e. The fourth-order valence-electron chi connectivity index (χ4n) is 1.89. The summed E-state index contributed by atoms with van der Waals surface area (Å²) in [7, 11) is 0. The van der Waals surface area contributed by atoms with Gasteiger partial charge in [0.25, 0.3) is 0 Å². The molecular weight excluding hydrogens is 290 g/mol. The van der Waals surface area contributed by atoms with Crippen molar-refractivity contribution in [2.75, 3.05) is 0 Å². The number of allylic oxidation sites excluding steroid dienone is 9. The highest BCUT2D eigenvalue weighted by Gasteiger charge is 2.06. The molecule has 1 heteroatoms. The van der Waals surface area contributed by atoms with Crippen molar-refractivity contribution in [2.45, 2.75) is 53.5 Å². The van der Waals surface area contributed by atoms with Crippen LogP contribution in [0.5, 0.6) is 0 Å². The van der Waals surface area contributed by atoms with Gasteiger partial charge in [0.2, 0.25) is 0 Å². The summed E-state index contributed by atoms with van der Waals surface area (Å²) < 4.78 is 0. The van der Waals surface area contributed by atoms with E-state index < -0.39 is 0 Å². The Kier molecular flexibility index (Phi) is 11.5. The normalized spacial score (nSPS) is 16.5. The summed E-state index contributed by atoms with van der Waals surface area (Å²) in [6.45, 7) is 18.4. The van der Waals surface area contributed by atoms with Crippen LogP contribution in [0.15, 0.2) is 78.4 Å². The lowest BCUT2D eigenvalue weighted by atomic mass is 9.93. The molecule has 0 saturated carbocycles. The zero-order chi connectivity index (χ0) is 18.4. The Labute approximate surface area is 150 Å². The van der Waals surface area contributed by atoms with E-state index in [1.54, 1.807) is 0 Å². The molecule has 0 aromatic heterocycles. The van der Waals surface area contributed by atoms with E-state index in [1.807, 2.05) is 24.4 Å². The fraction of sp³-hybridized carbons (Fsp3) is 0.435. The van der Waals surface area contributed by atoms with Crippen molar-refractivity contribution in [3.8, 4) is 0 Å². The van der Waals surface area contributed by atoms with E-state index in [2.05, 4.69) is 89.2 Å².